The molecule has 2 N–H and O–H groups in total. The van der Waals surface area contributed by atoms with Crippen molar-refractivity contribution >= 4 is 34.0 Å². The highest BCUT2D eigenvalue weighted by molar-refractivity contribution is 7.16. The van der Waals surface area contributed by atoms with Gasteiger partial charge in [-0.25, -0.2) is 9.59 Å². The molecule has 2 amide bonds. The molecule has 2 aromatic rings. The van der Waals surface area contributed by atoms with Gasteiger partial charge in [-0.05, 0) is 24.1 Å². The van der Waals surface area contributed by atoms with E-state index in [2.05, 4.69) is 10.6 Å². The predicted molar refractivity (Wildman–Crippen MR) is 88.8 cm³/mol. The van der Waals surface area contributed by atoms with Gasteiger partial charge in [0, 0.05) is 10.6 Å². The molecular weight excluding hydrogens is 300 g/mol. The van der Waals surface area contributed by atoms with Crippen molar-refractivity contribution in [3.63, 3.8) is 0 Å². The van der Waals surface area contributed by atoms with Gasteiger partial charge in [-0.2, -0.15) is 0 Å². The molecular formula is C16H18N2O3S. The molecule has 2 rings (SSSR count). The van der Waals surface area contributed by atoms with Crippen LogP contribution in [0.5, 0.6) is 0 Å². The van der Waals surface area contributed by atoms with Crippen LogP contribution in [0.4, 0.5) is 15.5 Å². The largest absolute Gasteiger partial charge is 0.465 e. The van der Waals surface area contributed by atoms with Gasteiger partial charge in [-0.1, -0.05) is 32.0 Å². The van der Waals surface area contributed by atoms with E-state index in [0.717, 1.165) is 4.88 Å². The van der Waals surface area contributed by atoms with Gasteiger partial charge in [0.1, 0.15) is 5.00 Å². The molecule has 0 saturated carbocycles. The van der Waals surface area contributed by atoms with Crippen LogP contribution in [-0.4, -0.2) is 19.1 Å². The molecule has 0 bridgehead atoms. The zero-order valence-electron chi connectivity index (χ0n) is 12.7. The Labute approximate surface area is 133 Å². The first-order valence-electron chi connectivity index (χ1n) is 6.86. The second-order valence-electron chi connectivity index (χ2n) is 4.98. The van der Waals surface area contributed by atoms with Crippen molar-refractivity contribution in [2.45, 2.75) is 19.8 Å². The van der Waals surface area contributed by atoms with Gasteiger partial charge in [0.2, 0.25) is 0 Å². The van der Waals surface area contributed by atoms with Crippen molar-refractivity contribution in [2.75, 3.05) is 17.7 Å². The van der Waals surface area contributed by atoms with E-state index in [1.54, 1.807) is 18.2 Å². The average Bonchev–Trinajstić information content (AvgIpc) is 2.91. The summed E-state index contributed by atoms with van der Waals surface area (Å²) in [6, 6.07) is 10.5. The number of ether oxygens (including phenoxy) is 1. The number of esters is 1. The fourth-order valence-corrected chi connectivity index (χ4v) is 2.88. The van der Waals surface area contributed by atoms with Crippen molar-refractivity contribution in [3.8, 4) is 0 Å². The molecule has 22 heavy (non-hydrogen) atoms. The standard InChI is InChI=1S/C16H18N2O3S/c1-10(2)13-9-12(15(19)21-3)14(22-13)18-16(20)17-11-7-5-4-6-8-11/h4-10H,1-3H3,(H2,17,18,20). The minimum Gasteiger partial charge on any atom is -0.465 e. The lowest BCUT2D eigenvalue weighted by atomic mass is 10.1. The van der Waals surface area contributed by atoms with Crippen molar-refractivity contribution in [1.29, 1.82) is 0 Å². The number of amides is 2. The highest BCUT2D eigenvalue weighted by Crippen LogP contribution is 2.33. The van der Waals surface area contributed by atoms with E-state index >= 15 is 0 Å². The van der Waals surface area contributed by atoms with Crippen LogP contribution in [0.1, 0.15) is 35.0 Å². The van der Waals surface area contributed by atoms with Gasteiger partial charge >= 0.3 is 12.0 Å². The average molecular weight is 318 g/mol. The highest BCUT2D eigenvalue weighted by Gasteiger charge is 2.19. The van der Waals surface area contributed by atoms with Gasteiger partial charge in [0.25, 0.3) is 0 Å². The number of methoxy groups -OCH3 is 1. The number of anilines is 2. The number of rotatable bonds is 4. The summed E-state index contributed by atoms with van der Waals surface area (Å²) < 4.78 is 4.77. The Morgan fingerprint density at radius 1 is 1.14 bits per heavy atom. The topological polar surface area (TPSA) is 67.4 Å². The van der Waals surface area contributed by atoms with Gasteiger partial charge < -0.3 is 10.1 Å². The molecule has 0 spiro atoms. The second kappa shape index (κ2) is 7.09. The number of para-hydroxylation sites is 1. The SMILES string of the molecule is COC(=O)c1cc(C(C)C)sc1NC(=O)Nc1ccccc1. The summed E-state index contributed by atoms with van der Waals surface area (Å²) >= 11 is 1.38. The second-order valence-corrected chi connectivity index (χ2v) is 6.07. The molecule has 0 aliphatic heterocycles. The van der Waals surface area contributed by atoms with Crippen LogP contribution in [-0.2, 0) is 4.74 Å². The van der Waals surface area contributed by atoms with E-state index in [9.17, 15) is 9.59 Å². The third-order valence-electron chi connectivity index (χ3n) is 2.98. The van der Waals surface area contributed by atoms with Gasteiger partial charge in [-0.3, -0.25) is 5.32 Å². The first kappa shape index (κ1) is 16.0. The smallest absolute Gasteiger partial charge is 0.340 e. The molecule has 6 heteroatoms. The lowest BCUT2D eigenvalue weighted by Gasteiger charge is -2.07. The highest BCUT2D eigenvalue weighted by atomic mass is 32.1. The fourth-order valence-electron chi connectivity index (χ4n) is 1.84. The van der Waals surface area contributed by atoms with Crippen molar-refractivity contribution in [1.82, 2.24) is 0 Å². The van der Waals surface area contributed by atoms with Crippen molar-refractivity contribution < 1.29 is 14.3 Å². The number of carbonyl (C=O) groups is 2. The summed E-state index contributed by atoms with van der Waals surface area (Å²) in [4.78, 5) is 24.9. The van der Waals surface area contributed by atoms with Crippen LogP contribution in [0.15, 0.2) is 36.4 Å². The fraction of sp³-hybridized carbons (Fsp3) is 0.250. The zero-order valence-corrected chi connectivity index (χ0v) is 13.5. The quantitative estimate of drug-likeness (QED) is 0.826. The molecule has 0 unspecified atom stereocenters. The van der Waals surface area contributed by atoms with E-state index in [1.807, 2.05) is 32.0 Å². The summed E-state index contributed by atoms with van der Waals surface area (Å²) in [7, 11) is 1.32. The molecule has 0 aliphatic rings. The number of thiophene rings is 1. The minimum absolute atomic E-state index is 0.265. The first-order valence-corrected chi connectivity index (χ1v) is 7.68. The third kappa shape index (κ3) is 3.85. The predicted octanol–water partition coefficient (Wildman–Crippen LogP) is 4.30. The van der Waals surface area contributed by atoms with Crippen LogP contribution in [0.2, 0.25) is 0 Å². The molecule has 1 aromatic carbocycles. The zero-order chi connectivity index (χ0) is 16.1. The van der Waals surface area contributed by atoms with Crippen LogP contribution < -0.4 is 10.6 Å². The molecule has 0 saturated heterocycles. The lowest BCUT2D eigenvalue weighted by Crippen LogP contribution is -2.20. The van der Waals surface area contributed by atoms with Crippen LogP contribution >= 0.6 is 11.3 Å². The lowest BCUT2D eigenvalue weighted by molar-refractivity contribution is 0.0602. The molecule has 0 atom stereocenters. The Hall–Kier alpha value is -2.34. The number of hydrogen-bond donors (Lipinski definition) is 2. The molecule has 116 valence electrons. The van der Waals surface area contributed by atoms with E-state index in [-0.39, 0.29) is 5.92 Å². The molecule has 0 fully saturated rings. The van der Waals surface area contributed by atoms with E-state index in [4.69, 9.17) is 4.74 Å². The Morgan fingerprint density at radius 2 is 1.82 bits per heavy atom. The van der Waals surface area contributed by atoms with E-state index in [1.165, 1.54) is 18.4 Å². The molecule has 0 aliphatic carbocycles. The maximum absolute atomic E-state index is 12.1. The maximum Gasteiger partial charge on any atom is 0.340 e. The number of carbonyl (C=O) groups excluding carboxylic acids is 2. The molecule has 0 radical (unpaired) electrons. The van der Waals surface area contributed by atoms with E-state index < -0.39 is 12.0 Å². The Kier molecular flexibility index (Phi) is 5.16. The van der Waals surface area contributed by atoms with Gasteiger partial charge in [0.15, 0.2) is 0 Å². The molecule has 5 nitrogen and oxygen atoms in total. The van der Waals surface area contributed by atoms with E-state index in [0.29, 0.717) is 16.3 Å². The number of nitrogens with one attached hydrogen (secondary N) is 2. The molecule has 1 aromatic heterocycles. The van der Waals surface area contributed by atoms with Crippen LogP contribution in [0, 0.1) is 0 Å². The third-order valence-corrected chi connectivity index (χ3v) is 4.34. The summed E-state index contributed by atoms with van der Waals surface area (Å²) in [6.45, 7) is 4.06. The Bertz CT molecular complexity index is 665. The number of hydrogen-bond acceptors (Lipinski definition) is 4. The summed E-state index contributed by atoms with van der Waals surface area (Å²) in [5, 5.41) is 5.92. The number of benzene rings is 1. The minimum atomic E-state index is -0.460. The Morgan fingerprint density at radius 3 is 2.41 bits per heavy atom. The molecule has 1 heterocycles. The van der Waals surface area contributed by atoms with Crippen LogP contribution in [0.3, 0.4) is 0 Å². The summed E-state index contributed by atoms with van der Waals surface area (Å²) in [5.74, 6) is -0.195. The summed E-state index contributed by atoms with van der Waals surface area (Å²) in [6.07, 6.45) is 0. The summed E-state index contributed by atoms with van der Waals surface area (Å²) in [5.41, 5.74) is 1.06. The maximum atomic E-state index is 12.1. The van der Waals surface area contributed by atoms with Crippen molar-refractivity contribution in [3.05, 3.63) is 46.8 Å². The van der Waals surface area contributed by atoms with Gasteiger partial charge in [0.05, 0.1) is 12.7 Å². The van der Waals surface area contributed by atoms with Crippen LogP contribution in [0.25, 0.3) is 0 Å². The monoisotopic (exact) mass is 318 g/mol. The number of urea groups is 1. The first-order chi connectivity index (χ1) is 10.5. The normalized spacial score (nSPS) is 10.4. The Balaban J connectivity index is 2.17. The van der Waals surface area contributed by atoms with Crippen molar-refractivity contribution in [2.24, 2.45) is 0 Å². The van der Waals surface area contributed by atoms with Gasteiger partial charge in [-0.15, -0.1) is 11.3 Å².